The molecule has 1 heterocycles. The molecule has 0 radical (unpaired) electrons. The molecule has 1 saturated heterocycles. The number of nitrogens with zero attached hydrogens (tertiary/aromatic N) is 2. The van der Waals surface area contributed by atoms with E-state index in [4.69, 9.17) is 4.74 Å². The van der Waals surface area contributed by atoms with E-state index in [1.165, 1.54) is 0 Å². The Bertz CT molecular complexity index is 546. The van der Waals surface area contributed by atoms with Crippen LogP contribution in [0.15, 0.2) is 24.3 Å². The fourth-order valence-corrected chi connectivity index (χ4v) is 2.67. The predicted octanol–water partition coefficient (Wildman–Crippen LogP) is 1.40. The summed E-state index contributed by atoms with van der Waals surface area (Å²) in [5.41, 5.74) is 0.623. The number of hydrogen-bond acceptors (Lipinski definition) is 4. The second-order valence-corrected chi connectivity index (χ2v) is 5.61. The molecule has 6 nitrogen and oxygen atoms in total. The van der Waals surface area contributed by atoms with E-state index in [0.717, 1.165) is 13.0 Å². The topological polar surface area (TPSA) is 61.9 Å². The molecule has 1 aromatic rings. The molecule has 0 unspecified atom stereocenters. The van der Waals surface area contributed by atoms with E-state index in [2.05, 4.69) is 5.32 Å². The molecule has 2 rings (SSSR count). The van der Waals surface area contributed by atoms with Crippen molar-refractivity contribution in [1.82, 2.24) is 15.1 Å². The van der Waals surface area contributed by atoms with E-state index < -0.39 is 0 Å². The molecule has 1 aliphatic rings. The Kier molecular flexibility index (Phi) is 8.57. The number of benzene rings is 1. The maximum atomic E-state index is 12.5. The quantitative estimate of drug-likeness (QED) is 0.784. The van der Waals surface area contributed by atoms with Gasteiger partial charge in [-0.05, 0) is 38.2 Å². The fourth-order valence-electron chi connectivity index (χ4n) is 2.67. The molecule has 1 aromatic carbocycles. The summed E-state index contributed by atoms with van der Waals surface area (Å²) in [7, 11) is 3.47. The zero-order valence-electron chi connectivity index (χ0n) is 14.3. The number of hydrogen-bond donors (Lipinski definition) is 1. The van der Waals surface area contributed by atoms with Gasteiger partial charge in [0, 0.05) is 38.2 Å². The number of nitrogens with one attached hydrogen (secondary N) is 1. The smallest absolute Gasteiger partial charge is 0.254 e. The van der Waals surface area contributed by atoms with Gasteiger partial charge in [-0.3, -0.25) is 9.59 Å². The molecule has 7 heteroatoms. The Labute approximate surface area is 149 Å². The zero-order chi connectivity index (χ0) is 16.7. The van der Waals surface area contributed by atoms with Gasteiger partial charge in [0.15, 0.2) is 0 Å². The van der Waals surface area contributed by atoms with Crippen LogP contribution in [0.25, 0.3) is 0 Å². The van der Waals surface area contributed by atoms with Gasteiger partial charge in [0.25, 0.3) is 5.91 Å². The number of methoxy groups -OCH3 is 1. The van der Waals surface area contributed by atoms with Crippen LogP contribution in [0.4, 0.5) is 0 Å². The van der Waals surface area contributed by atoms with E-state index >= 15 is 0 Å². The van der Waals surface area contributed by atoms with Crippen molar-refractivity contribution in [3.8, 4) is 5.75 Å². The normalized spacial score (nSPS) is 14.1. The van der Waals surface area contributed by atoms with Gasteiger partial charge in [0.2, 0.25) is 5.91 Å². The van der Waals surface area contributed by atoms with Gasteiger partial charge in [0.05, 0.1) is 7.11 Å². The van der Waals surface area contributed by atoms with Crippen molar-refractivity contribution in [2.75, 3.05) is 46.9 Å². The molecular weight excluding hydrogens is 330 g/mol. The highest BCUT2D eigenvalue weighted by Gasteiger charge is 2.24. The van der Waals surface area contributed by atoms with Crippen molar-refractivity contribution >= 4 is 24.2 Å². The number of carbonyl (C=O) groups excluding carboxylic acids is 2. The number of halogens is 1. The third-order valence-corrected chi connectivity index (χ3v) is 4.05. The van der Waals surface area contributed by atoms with Crippen LogP contribution < -0.4 is 10.1 Å². The number of piperazine rings is 1. The molecule has 1 aliphatic heterocycles. The van der Waals surface area contributed by atoms with Crippen LogP contribution in [-0.2, 0) is 4.79 Å². The minimum absolute atomic E-state index is 0. The molecule has 24 heavy (non-hydrogen) atoms. The summed E-state index contributed by atoms with van der Waals surface area (Å²) in [6.07, 6.45) is 1.41. The molecule has 0 bridgehead atoms. The summed E-state index contributed by atoms with van der Waals surface area (Å²) in [6.45, 7) is 3.21. The Hall–Kier alpha value is -1.79. The first-order valence-electron chi connectivity index (χ1n) is 8.01. The van der Waals surface area contributed by atoms with Crippen molar-refractivity contribution in [3.05, 3.63) is 29.8 Å². The Morgan fingerprint density at radius 3 is 2.46 bits per heavy atom. The van der Waals surface area contributed by atoms with Crippen LogP contribution >= 0.6 is 12.4 Å². The van der Waals surface area contributed by atoms with Gasteiger partial charge in [0.1, 0.15) is 5.75 Å². The fraction of sp³-hybridized carbons (Fsp3) is 0.529. The second-order valence-electron chi connectivity index (χ2n) is 5.61. The van der Waals surface area contributed by atoms with E-state index in [1.807, 2.05) is 24.1 Å². The van der Waals surface area contributed by atoms with Gasteiger partial charge in [-0.2, -0.15) is 0 Å². The van der Waals surface area contributed by atoms with Crippen molar-refractivity contribution in [1.29, 1.82) is 0 Å². The highest BCUT2D eigenvalue weighted by molar-refractivity contribution is 5.94. The van der Waals surface area contributed by atoms with Crippen molar-refractivity contribution in [2.24, 2.45) is 0 Å². The first kappa shape index (κ1) is 20.3. The summed E-state index contributed by atoms with van der Waals surface area (Å²) in [6, 6.07) is 7.17. The van der Waals surface area contributed by atoms with E-state index in [0.29, 0.717) is 43.9 Å². The van der Waals surface area contributed by atoms with E-state index in [9.17, 15) is 9.59 Å². The Morgan fingerprint density at radius 1 is 1.17 bits per heavy atom. The number of amides is 2. The van der Waals surface area contributed by atoms with Crippen LogP contribution in [0.3, 0.4) is 0 Å². The second kappa shape index (κ2) is 10.2. The van der Waals surface area contributed by atoms with Crippen LogP contribution in [0, 0.1) is 0 Å². The van der Waals surface area contributed by atoms with Crippen LogP contribution in [-0.4, -0.2) is 68.5 Å². The molecule has 0 aliphatic carbocycles. The average Bonchev–Trinajstić information content (AvgIpc) is 2.61. The average molecular weight is 356 g/mol. The first-order valence-corrected chi connectivity index (χ1v) is 8.01. The van der Waals surface area contributed by atoms with E-state index in [-0.39, 0.29) is 24.2 Å². The lowest BCUT2D eigenvalue weighted by Crippen LogP contribution is -2.50. The van der Waals surface area contributed by atoms with Gasteiger partial charge >= 0.3 is 0 Å². The lowest BCUT2D eigenvalue weighted by atomic mass is 10.1. The standard InChI is InChI=1S/C17H25N3O3.ClH/c1-18-8-4-7-16(21)19-9-11-20(12-10-19)17(22)14-5-3-6-15(13-14)23-2;/h3,5-6,13,18H,4,7-12H2,1-2H3;1H. The number of rotatable bonds is 6. The summed E-state index contributed by atoms with van der Waals surface area (Å²) in [5, 5.41) is 3.04. The SMILES string of the molecule is CNCCCC(=O)N1CCN(C(=O)c2cccc(OC)c2)CC1.Cl. The summed E-state index contributed by atoms with van der Waals surface area (Å²) < 4.78 is 5.16. The third kappa shape index (κ3) is 5.39. The summed E-state index contributed by atoms with van der Waals surface area (Å²) in [4.78, 5) is 28.2. The van der Waals surface area contributed by atoms with Crippen LogP contribution in [0.5, 0.6) is 5.75 Å². The molecule has 0 atom stereocenters. The lowest BCUT2D eigenvalue weighted by molar-refractivity contribution is -0.132. The number of carbonyl (C=O) groups is 2. The maximum Gasteiger partial charge on any atom is 0.254 e. The minimum atomic E-state index is -0.00816. The zero-order valence-corrected chi connectivity index (χ0v) is 15.1. The van der Waals surface area contributed by atoms with Crippen molar-refractivity contribution < 1.29 is 14.3 Å². The van der Waals surface area contributed by atoms with Crippen LogP contribution in [0.2, 0.25) is 0 Å². The highest BCUT2D eigenvalue weighted by atomic mass is 35.5. The Morgan fingerprint density at radius 2 is 1.83 bits per heavy atom. The molecule has 0 aromatic heterocycles. The summed E-state index contributed by atoms with van der Waals surface area (Å²) in [5.74, 6) is 0.842. The molecule has 0 saturated carbocycles. The lowest BCUT2D eigenvalue weighted by Gasteiger charge is -2.35. The Balaban J connectivity index is 0.00000288. The van der Waals surface area contributed by atoms with Crippen LogP contribution in [0.1, 0.15) is 23.2 Å². The molecule has 2 amide bonds. The van der Waals surface area contributed by atoms with Gasteiger partial charge in [-0.25, -0.2) is 0 Å². The van der Waals surface area contributed by atoms with Gasteiger partial charge in [-0.15, -0.1) is 12.4 Å². The monoisotopic (exact) mass is 355 g/mol. The minimum Gasteiger partial charge on any atom is -0.497 e. The maximum absolute atomic E-state index is 12.5. The number of ether oxygens (including phenoxy) is 1. The third-order valence-electron chi connectivity index (χ3n) is 4.05. The molecular formula is C17H26ClN3O3. The van der Waals surface area contributed by atoms with Crippen molar-refractivity contribution in [2.45, 2.75) is 12.8 Å². The first-order chi connectivity index (χ1) is 11.2. The van der Waals surface area contributed by atoms with Gasteiger partial charge in [-0.1, -0.05) is 6.07 Å². The molecule has 0 spiro atoms. The molecule has 1 fully saturated rings. The van der Waals surface area contributed by atoms with Gasteiger partial charge < -0.3 is 19.9 Å². The predicted molar refractivity (Wildman–Crippen MR) is 95.9 cm³/mol. The molecule has 1 N–H and O–H groups in total. The summed E-state index contributed by atoms with van der Waals surface area (Å²) >= 11 is 0. The highest BCUT2D eigenvalue weighted by Crippen LogP contribution is 2.15. The van der Waals surface area contributed by atoms with Crippen molar-refractivity contribution in [3.63, 3.8) is 0 Å². The molecule has 134 valence electrons. The largest absolute Gasteiger partial charge is 0.497 e. The van der Waals surface area contributed by atoms with E-state index in [1.54, 1.807) is 24.1 Å².